The van der Waals surface area contributed by atoms with Crippen LogP contribution in [0.2, 0.25) is 0 Å². The van der Waals surface area contributed by atoms with Gasteiger partial charge in [-0.2, -0.15) is 0 Å². The molecule has 0 N–H and O–H groups in total. The monoisotopic (exact) mass is 712 g/mol. The number of aromatic nitrogens is 1. The second-order valence-electron chi connectivity index (χ2n) is 14.5. The van der Waals surface area contributed by atoms with Gasteiger partial charge in [-0.05, 0) is 104 Å². The van der Waals surface area contributed by atoms with Crippen molar-refractivity contribution in [2.75, 3.05) is 4.90 Å². The van der Waals surface area contributed by atoms with Crippen LogP contribution in [-0.4, -0.2) is 4.57 Å². The fourth-order valence-corrected chi connectivity index (χ4v) is 8.81. The molecule has 11 aromatic rings. The van der Waals surface area contributed by atoms with Crippen molar-refractivity contribution in [2.24, 2.45) is 0 Å². The van der Waals surface area contributed by atoms with E-state index in [0.717, 1.165) is 22.7 Å². The smallest absolute Gasteiger partial charge is 0.0542 e. The van der Waals surface area contributed by atoms with Gasteiger partial charge < -0.3 is 9.47 Å². The lowest BCUT2D eigenvalue weighted by Gasteiger charge is -2.28. The summed E-state index contributed by atoms with van der Waals surface area (Å²) in [5.41, 5.74) is 11.7. The Morgan fingerprint density at radius 1 is 0.304 bits per heavy atom. The van der Waals surface area contributed by atoms with E-state index >= 15 is 0 Å². The molecule has 0 atom stereocenters. The summed E-state index contributed by atoms with van der Waals surface area (Å²) in [5.74, 6) is 0. The maximum atomic E-state index is 2.42. The maximum Gasteiger partial charge on any atom is 0.0542 e. The van der Waals surface area contributed by atoms with E-state index < -0.39 is 0 Å². The van der Waals surface area contributed by atoms with Gasteiger partial charge in [-0.25, -0.2) is 0 Å². The average Bonchev–Trinajstić information content (AvgIpc) is 3.61. The second-order valence-corrected chi connectivity index (χ2v) is 14.5. The number of anilines is 3. The van der Waals surface area contributed by atoms with Crippen LogP contribution >= 0.6 is 0 Å². The average molecular weight is 713 g/mol. The summed E-state index contributed by atoms with van der Waals surface area (Å²) >= 11 is 0. The van der Waals surface area contributed by atoms with E-state index in [1.165, 1.54) is 76.4 Å². The molecule has 0 unspecified atom stereocenters. The van der Waals surface area contributed by atoms with E-state index in [2.05, 4.69) is 228 Å². The summed E-state index contributed by atoms with van der Waals surface area (Å²) < 4.78 is 2.38. The zero-order valence-corrected chi connectivity index (χ0v) is 30.7. The van der Waals surface area contributed by atoms with Gasteiger partial charge in [0.1, 0.15) is 0 Å². The minimum Gasteiger partial charge on any atom is -0.310 e. The molecule has 0 aliphatic carbocycles. The standard InChI is InChI=1S/C54H36N2/c1-3-14-37(15-4-1)45-20-9-11-24-52(45)55(42-31-35-54-51(36-42)50-21-10-12-25-53(50)56(54)40-17-5-2-6-18-40)41-29-26-39(27-30-41)44-22-13-23-46-47(44)33-34-48-43-19-8-7-16-38(43)28-32-49(46)48/h1-36H. The summed E-state index contributed by atoms with van der Waals surface area (Å²) in [6.45, 7) is 0. The lowest BCUT2D eigenvalue weighted by Crippen LogP contribution is -2.11. The zero-order chi connectivity index (χ0) is 37.0. The van der Waals surface area contributed by atoms with Gasteiger partial charge in [0.05, 0.1) is 16.7 Å². The molecule has 0 bridgehead atoms. The molecule has 10 aromatic carbocycles. The van der Waals surface area contributed by atoms with Crippen LogP contribution in [0.3, 0.4) is 0 Å². The molecule has 2 heteroatoms. The van der Waals surface area contributed by atoms with Gasteiger partial charge in [-0.1, -0.05) is 164 Å². The van der Waals surface area contributed by atoms with Gasteiger partial charge in [0.2, 0.25) is 0 Å². The quantitative estimate of drug-likeness (QED) is 0.156. The van der Waals surface area contributed by atoms with E-state index in [1.54, 1.807) is 0 Å². The summed E-state index contributed by atoms with van der Waals surface area (Å²) in [4.78, 5) is 2.42. The zero-order valence-electron chi connectivity index (χ0n) is 30.7. The third-order valence-corrected chi connectivity index (χ3v) is 11.4. The van der Waals surface area contributed by atoms with Crippen molar-refractivity contribution in [3.8, 4) is 27.9 Å². The van der Waals surface area contributed by atoms with Crippen molar-refractivity contribution < 1.29 is 0 Å². The molecule has 1 aromatic heterocycles. The highest BCUT2D eigenvalue weighted by Gasteiger charge is 2.20. The summed E-state index contributed by atoms with van der Waals surface area (Å²) in [6.07, 6.45) is 0. The molecule has 11 rings (SSSR count). The number of hydrogen-bond acceptors (Lipinski definition) is 1. The van der Waals surface area contributed by atoms with Gasteiger partial charge in [0.15, 0.2) is 0 Å². The lowest BCUT2D eigenvalue weighted by molar-refractivity contribution is 1.18. The minimum atomic E-state index is 1.10. The third kappa shape index (κ3) is 5.19. The number of rotatable bonds is 6. The maximum absolute atomic E-state index is 2.42. The Hall–Kier alpha value is -7.42. The summed E-state index contributed by atoms with van der Waals surface area (Å²) in [7, 11) is 0. The molecule has 0 aliphatic heterocycles. The van der Waals surface area contributed by atoms with Crippen LogP contribution in [0.1, 0.15) is 0 Å². The first-order valence-electron chi connectivity index (χ1n) is 19.3. The first-order chi connectivity index (χ1) is 27.8. The normalized spacial score (nSPS) is 11.6. The van der Waals surface area contributed by atoms with Crippen molar-refractivity contribution in [1.82, 2.24) is 4.57 Å². The highest BCUT2D eigenvalue weighted by Crippen LogP contribution is 2.44. The van der Waals surface area contributed by atoms with Crippen LogP contribution in [0.4, 0.5) is 17.1 Å². The van der Waals surface area contributed by atoms with E-state index in [0.29, 0.717) is 0 Å². The molecule has 0 saturated carbocycles. The lowest BCUT2D eigenvalue weighted by atomic mass is 9.92. The molecular formula is C54H36N2. The second kappa shape index (κ2) is 13.2. The van der Waals surface area contributed by atoms with Crippen molar-refractivity contribution in [2.45, 2.75) is 0 Å². The Labute approximate surface area is 325 Å². The number of fused-ring (bicyclic) bond motifs is 8. The van der Waals surface area contributed by atoms with Crippen molar-refractivity contribution in [3.05, 3.63) is 218 Å². The first-order valence-corrected chi connectivity index (χ1v) is 19.3. The highest BCUT2D eigenvalue weighted by atomic mass is 15.1. The number of para-hydroxylation sites is 3. The molecule has 0 saturated heterocycles. The van der Waals surface area contributed by atoms with Crippen LogP contribution in [-0.2, 0) is 0 Å². The molecule has 0 fully saturated rings. The Morgan fingerprint density at radius 3 is 1.73 bits per heavy atom. The van der Waals surface area contributed by atoms with Gasteiger partial charge in [0.25, 0.3) is 0 Å². The van der Waals surface area contributed by atoms with Gasteiger partial charge in [-0.3, -0.25) is 0 Å². The van der Waals surface area contributed by atoms with Crippen LogP contribution in [0.5, 0.6) is 0 Å². The SMILES string of the molecule is c1ccc(-c2ccccc2N(c2ccc(-c3cccc4c3ccc3c5ccccc5ccc43)cc2)c2ccc3c(c2)c2ccccc2n3-c2ccccc2)cc1. The van der Waals surface area contributed by atoms with Crippen molar-refractivity contribution >= 4 is 71.2 Å². The Balaban J connectivity index is 1.09. The van der Waals surface area contributed by atoms with Gasteiger partial charge >= 0.3 is 0 Å². The van der Waals surface area contributed by atoms with Crippen LogP contribution in [0.15, 0.2) is 218 Å². The Bertz CT molecular complexity index is 3230. The van der Waals surface area contributed by atoms with Crippen LogP contribution in [0, 0.1) is 0 Å². The van der Waals surface area contributed by atoms with E-state index in [-0.39, 0.29) is 0 Å². The van der Waals surface area contributed by atoms with Crippen LogP contribution < -0.4 is 4.90 Å². The molecule has 1 heterocycles. The summed E-state index contributed by atoms with van der Waals surface area (Å²) in [5, 5.41) is 10.1. The largest absolute Gasteiger partial charge is 0.310 e. The van der Waals surface area contributed by atoms with Crippen molar-refractivity contribution in [3.63, 3.8) is 0 Å². The highest BCUT2D eigenvalue weighted by molar-refractivity contribution is 6.19. The Kier molecular flexibility index (Phi) is 7.53. The predicted octanol–water partition coefficient (Wildman–Crippen LogP) is 15.0. The molecule has 0 amide bonds. The molecular weight excluding hydrogens is 677 g/mol. The van der Waals surface area contributed by atoms with Gasteiger partial charge in [-0.15, -0.1) is 0 Å². The van der Waals surface area contributed by atoms with Crippen LogP contribution in [0.25, 0.3) is 82.1 Å². The first kappa shape index (κ1) is 32.0. The molecule has 0 aliphatic rings. The number of nitrogens with zero attached hydrogens (tertiary/aromatic N) is 2. The van der Waals surface area contributed by atoms with E-state index in [9.17, 15) is 0 Å². The molecule has 262 valence electrons. The topological polar surface area (TPSA) is 8.17 Å². The number of hydrogen-bond donors (Lipinski definition) is 0. The summed E-state index contributed by atoms with van der Waals surface area (Å²) in [6, 6.07) is 79.4. The molecule has 0 spiro atoms. The van der Waals surface area contributed by atoms with Gasteiger partial charge in [0, 0.05) is 33.4 Å². The van der Waals surface area contributed by atoms with E-state index in [1.807, 2.05) is 0 Å². The Morgan fingerprint density at radius 2 is 0.875 bits per heavy atom. The third-order valence-electron chi connectivity index (χ3n) is 11.4. The molecule has 56 heavy (non-hydrogen) atoms. The number of benzene rings is 10. The fourth-order valence-electron chi connectivity index (χ4n) is 8.81. The molecule has 0 radical (unpaired) electrons. The van der Waals surface area contributed by atoms with E-state index in [4.69, 9.17) is 0 Å². The predicted molar refractivity (Wildman–Crippen MR) is 239 cm³/mol. The minimum absolute atomic E-state index is 1.10. The van der Waals surface area contributed by atoms with Crippen molar-refractivity contribution in [1.29, 1.82) is 0 Å². The molecule has 2 nitrogen and oxygen atoms in total. The fraction of sp³-hybridized carbons (Fsp3) is 0.